The molecule has 1 aromatic rings. The Hall–Kier alpha value is 0.0500. The van der Waals surface area contributed by atoms with Crippen molar-refractivity contribution in [1.29, 1.82) is 0 Å². The van der Waals surface area contributed by atoms with Gasteiger partial charge in [-0.25, -0.2) is 0 Å². The summed E-state index contributed by atoms with van der Waals surface area (Å²) in [5, 5.41) is 0. The van der Waals surface area contributed by atoms with Gasteiger partial charge in [-0.1, -0.05) is 27.5 Å². The average Bonchev–Trinajstić information content (AvgIpc) is 2.45. The molecule has 0 fully saturated rings. The van der Waals surface area contributed by atoms with Crippen molar-refractivity contribution in [2.75, 3.05) is 0 Å². The Morgan fingerprint density at radius 1 is 1.06 bits per heavy atom. The van der Waals surface area contributed by atoms with Crippen LogP contribution in [0.2, 0.25) is 4.34 Å². The molecule has 0 amide bonds. The van der Waals surface area contributed by atoms with E-state index in [9.17, 15) is 26.3 Å². The Labute approximate surface area is 110 Å². The molecular weight excluding hydrogens is 358 g/mol. The fourth-order valence-electron chi connectivity index (χ4n) is 1.16. The first-order valence-electron chi connectivity index (χ1n) is 4.06. The molecule has 0 saturated heterocycles. The number of thiophene rings is 1. The standard InChI is InChI=1S/C8H4BrClF6S/c9-5(3-1-2-4(10)17-3)6(7(11,12)13)8(14,15)16/h1-2,5-6H. The second kappa shape index (κ2) is 4.97. The van der Waals surface area contributed by atoms with Crippen LogP contribution in [-0.4, -0.2) is 12.4 Å². The minimum Gasteiger partial charge on any atom is -0.170 e. The van der Waals surface area contributed by atoms with Crippen molar-refractivity contribution in [3.63, 3.8) is 0 Å². The number of halogens is 8. The lowest BCUT2D eigenvalue weighted by molar-refractivity contribution is -0.283. The third-order valence-electron chi connectivity index (χ3n) is 1.86. The van der Waals surface area contributed by atoms with Crippen LogP contribution in [0.1, 0.15) is 9.70 Å². The maximum atomic E-state index is 12.4. The van der Waals surface area contributed by atoms with Gasteiger partial charge in [-0.15, -0.1) is 11.3 Å². The van der Waals surface area contributed by atoms with Gasteiger partial charge in [0.05, 0.1) is 9.16 Å². The first-order chi connectivity index (χ1) is 7.53. The highest BCUT2D eigenvalue weighted by Crippen LogP contribution is 2.51. The highest BCUT2D eigenvalue weighted by Gasteiger charge is 2.60. The van der Waals surface area contributed by atoms with Gasteiger partial charge in [0.15, 0.2) is 5.92 Å². The van der Waals surface area contributed by atoms with Gasteiger partial charge >= 0.3 is 12.4 Å². The van der Waals surface area contributed by atoms with Gasteiger partial charge < -0.3 is 0 Å². The minimum atomic E-state index is -5.37. The van der Waals surface area contributed by atoms with Gasteiger partial charge in [0.1, 0.15) is 0 Å². The van der Waals surface area contributed by atoms with E-state index in [1.807, 2.05) is 0 Å². The van der Waals surface area contributed by atoms with Gasteiger partial charge in [-0.2, -0.15) is 26.3 Å². The van der Waals surface area contributed by atoms with E-state index < -0.39 is 23.1 Å². The fraction of sp³-hybridized carbons (Fsp3) is 0.500. The molecule has 0 radical (unpaired) electrons. The first kappa shape index (κ1) is 15.1. The predicted molar refractivity (Wildman–Crippen MR) is 56.6 cm³/mol. The molecule has 0 aliphatic rings. The van der Waals surface area contributed by atoms with Crippen molar-refractivity contribution < 1.29 is 26.3 Å². The molecule has 0 aliphatic heterocycles. The molecular formula is C8H4BrClF6S. The van der Waals surface area contributed by atoms with Gasteiger partial charge in [-0.3, -0.25) is 0 Å². The maximum absolute atomic E-state index is 12.4. The molecule has 0 spiro atoms. The van der Waals surface area contributed by atoms with Crippen LogP contribution in [0.5, 0.6) is 0 Å². The normalized spacial score (nSPS) is 15.4. The highest BCUT2D eigenvalue weighted by atomic mass is 79.9. The predicted octanol–water partition coefficient (Wildman–Crippen LogP) is 5.58. The molecule has 0 N–H and O–H groups in total. The third-order valence-corrected chi connectivity index (χ3v) is 4.50. The summed E-state index contributed by atoms with van der Waals surface area (Å²) < 4.78 is 74.4. The smallest absolute Gasteiger partial charge is 0.170 e. The van der Waals surface area contributed by atoms with Crippen LogP contribution < -0.4 is 0 Å². The van der Waals surface area contributed by atoms with Crippen LogP contribution in [0, 0.1) is 5.92 Å². The lowest BCUT2D eigenvalue weighted by Crippen LogP contribution is -2.39. The minimum absolute atomic E-state index is 0.116. The molecule has 1 unspecified atom stereocenters. The topological polar surface area (TPSA) is 0 Å². The summed E-state index contributed by atoms with van der Waals surface area (Å²) in [7, 11) is 0. The number of alkyl halides is 7. The number of hydrogen-bond acceptors (Lipinski definition) is 1. The van der Waals surface area contributed by atoms with E-state index in [0.29, 0.717) is 11.3 Å². The van der Waals surface area contributed by atoms with Crippen LogP contribution in [-0.2, 0) is 0 Å². The SMILES string of the molecule is FC(F)(F)C(C(Br)c1ccc(Cl)s1)C(F)(F)F. The Kier molecular flexibility index (Phi) is 4.42. The van der Waals surface area contributed by atoms with E-state index in [0.717, 1.165) is 6.07 Å². The summed E-state index contributed by atoms with van der Waals surface area (Å²) in [6.07, 6.45) is -10.7. The lowest BCUT2D eigenvalue weighted by Gasteiger charge is -2.26. The van der Waals surface area contributed by atoms with E-state index in [-0.39, 0.29) is 9.21 Å². The summed E-state index contributed by atoms with van der Waals surface area (Å²) >= 11 is 8.60. The Balaban J connectivity index is 3.08. The largest absolute Gasteiger partial charge is 0.401 e. The molecule has 98 valence electrons. The molecule has 0 aliphatic carbocycles. The summed E-state index contributed by atoms with van der Waals surface area (Å²) in [6.45, 7) is 0. The summed E-state index contributed by atoms with van der Waals surface area (Å²) in [5.41, 5.74) is 0. The van der Waals surface area contributed by atoms with Crippen molar-refractivity contribution in [3.05, 3.63) is 21.3 Å². The van der Waals surface area contributed by atoms with Crippen molar-refractivity contribution in [2.24, 2.45) is 5.92 Å². The third kappa shape index (κ3) is 3.75. The van der Waals surface area contributed by atoms with Crippen LogP contribution in [0.3, 0.4) is 0 Å². The van der Waals surface area contributed by atoms with E-state index in [2.05, 4.69) is 15.9 Å². The molecule has 1 heterocycles. The molecule has 0 aromatic carbocycles. The second-order valence-electron chi connectivity index (χ2n) is 3.10. The molecule has 17 heavy (non-hydrogen) atoms. The first-order valence-corrected chi connectivity index (χ1v) is 6.17. The van der Waals surface area contributed by atoms with Crippen molar-refractivity contribution in [3.8, 4) is 0 Å². The Bertz CT molecular complexity index is 370. The van der Waals surface area contributed by atoms with E-state index >= 15 is 0 Å². The molecule has 0 saturated carbocycles. The van der Waals surface area contributed by atoms with E-state index in [1.165, 1.54) is 6.07 Å². The molecule has 1 atom stereocenters. The second-order valence-corrected chi connectivity index (χ2v) is 5.84. The van der Waals surface area contributed by atoms with E-state index in [1.54, 1.807) is 0 Å². The zero-order valence-electron chi connectivity index (χ0n) is 7.74. The summed E-state index contributed by atoms with van der Waals surface area (Å²) in [6, 6.07) is 2.39. The van der Waals surface area contributed by atoms with E-state index in [4.69, 9.17) is 11.6 Å². The molecule has 0 bridgehead atoms. The number of hydrogen-bond donors (Lipinski definition) is 0. The molecule has 0 nitrogen and oxygen atoms in total. The van der Waals surface area contributed by atoms with Gasteiger partial charge in [0.2, 0.25) is 0 Å². The zero-order chi connectivity index (χ0) is 13.4. The van der Waals surface area contributed by atoms with Crippen molar-refractivity contribution in [1.82, 2.24) is 0 Å². The van der Waals surface area contributed by atoms with Crippen LogP contribution >= 0.6 is 38.9 Å². The van der Waals surface area contributed by atoms with Gasteiger partial charge in [-0.05, 0) is 12.1 Å². The highest BCUT2D eigenvalue weighted by molar-refractivity contribution is 9.09. The Morgan fingerprint density at radius 2 is 1.53 bits per heavy atom. The quantitative estimate of drug-likeness (QED) is 0.477. The fourth-order valence-corrected chi connectivity index (χ4v) is 3.27. The van der Waals surface area contributed by atoms with Crippen LogP contribution in [0.25, 0.3) is 0 Å². The maximum Gasteiger partial charge on any atom is 0.401 e. The monoisotopic (exact) mass is 360 g/mol. The summed E-state index contributed by atoms with van der Waals surface area (Å²) in [4.78, 5) is -2.00. The average molecular weight is 362 g/mol. The molecule has 1 aromatic heterocycles. The van der Waals surface area contributed by atoms with Crippen molar-refractivity contribution >= 4 is 38.9 Å². The zero-order valence-corrected chi connectivity index (χ0v) is 10.9. The van der Waals surface area contributed by atoms with Crippen LogP contribution in [0.4, 0.5) is 26.3 Å². The molecule has 1 rings (SSSR count). The summed E-state index contributed by atoms with van der Waals surface area (Å²) in [5.74, 6) is -3.45. The van der Waals surface area contributed by atoms with Gasteiger partial charge in [0, 0.05) is 4.88 Å². The van der Waals surface area contributed by atoms with Crippen LogP contribution in [0.15, 0.2) is 12.1 Å². The lowest BCUT2D eigenvalue weighted by atomic mass is 10.0. The molecule has 9 heteroatoms. The number of rotatable bonds is 2. The van der Waals surface area contributed by atoms with Gasteiger partial charge in [0.25, 0.3) is 0 Å². The Morgan fingerprint density at radius 3 is 1.82 bits per heavy atom. The van der Waals surface area contributed by atoms with Crippen molar-refractivity contribution in [2.45, 2.75) is 17.2 Å².